The van der Waals surface area contributed by atoms with Gasteiger partial charge in [0.1, 0.15) is 6.61 Å². The molecule has 0 aromatic rings. The van der Waals surface area contributed by atoms with Crippen LogP contribution in [0, 0.1) is 5.92 Å². The standard InChI is InChI=1S/C15H26O3/c1-3-5-13-7-9-14(10-8-13)17-11-12-18-15(16)6-4-2/h4,6,13-14H,3,5,7-12H2,1-2H3. The average Bonchev–Trinajstić information content (AvgIpc) is 2.37. The van der Waals surface area contributed by atoms with E-state index >= 15 is 0 Å². The van der Waals surface area contributed by atoms with E-state index in [1.807, 2.05) is 0 Å². The van der Waals surface area contributed by atoms with E-state index in [4.69, 9.17) is 9.47 Å². The second-order valence-electron chi connectivity index (χ2n) is 4.97. The fourth-order valence-corrected chi connectivity index (χ4v) is 2.54. The summed E-state index contributed by atoms with van der Waals surface area (Å²) in [6.07, 6.45) is 11.0. The van der Waals surface area contributed by atoms with Crippen LogP contribution in [0.25, 0.3) is 0 Å². The van der Waals surface area contributed by atoms with Crippen LogP contribution >= 0.6 is 0 Å². The quantitative estimate of drug-likeness (QED) is 0.396. The average molecular weight is 254 g/mol. The number of allylic oxidation sites excluding steroid dienone is 1. The summed E-state index contributed by atoms with van der Waals surface area (Å²) in [5.41, 5.74) is 0. The van der Waals surface area contributed by atoms with E-state index in [0.29, 0.717) is 19.3 Å². The van der Waals surface area contributed by atoms with Gasteiger partial charge in [-0.2, -0.15) is 0 Å². The Labute approximate surface area is 111 Å². The molecule has 1 aliphatic rings. The molecule has 3 heteroatoms. The third kappa shape index (κ3) is 6.20. The molecule has 0 bridgehead atoms. The van der Waals surface area contributed by atoms with Crippen molar-refractivity contribution in [1.29, 1.82) is 0 Å². The Morgan fingerprint density at radius 2 is 1.94 bits per heavy atom. The highest BCUT2D eigenvalue weighted by Gasteiger charge is 2.20. The van der Waals surface area contributed by atoms with Crippen LogP contribution in [-0.2, 0) is 14.3 Å². The third-order valence-electron chi connectivity index (χ3n) is 3.47. The Morgan fingerprint density at radius 1 is 1.22 bits per heavy atom. The van der Waals surface area contributed by atoms with Crippen LogP contribution in [-0.4, -0.2) is 25.3 Å². The van der Waals surface area contributed by atoms with Gasteiger partial charge < -0.3 is 9.47 Å². The lowest BCUT2D eigenvalue weighted by molar-refractivity contribution is -0.140. The van der Waals surface area contributed by atoms with Gasteiger partial charge in [0.15, 0.2) is 0 Å². The highest BCUT2D eigenvalue weighted by molar-refractivity contribution is 5.81. The molecule has 18 heavy (non-hydrogen) atoms. The highest BCUT2D eigenvalue weighted by atomic mass is 16.6. The SMILES string of the molecule is CC=CC(=O)OCCOC1CCC(CCC)CC1. The molecule has 0 aromatic carbocycles. The normalized spacial score (nSPS) is 24.3. The summed E-state index contributed by atoms with van der Waals surface area (Å²) >= 11 is 0. The molecule has 0 radical (unpaired) electrons. The molecule has 0 spiro atoms. The van der Waals surface area contributed by atoms with Crippen molar-refractivity contribution in [3.8, 4) is 0 Å². The fraction of sp³-hybridized carbons (Fsp3) is 0.800. The first kappa shape index (κ1) is 15.2. The number of ether oxygens (including phenoxy) is 2. The van der Waals surface area contributed by atoms with E-state index in [1.54, 1.807) is 13.0 Å². The van der Waals surface area contributed by atoms with Gasteiger partial charge in [0.05, 0.1) is 12.7 Å². The minimum absolute atomic E-state index is 0.284. The minimum atomic E-state index is -0.284. The Balaban J connectivity index is 2.02. The second kappa shape index (κ2) is 9.15. The van der Waals surface area contributed by atoms with Gasteiger partial charge in [-0.25, -0.2) is 4.79 Å². The topological polar surface area (TPSA) is 35.5 Å². The summed E-state index contributed by atoms with van der Waals surface area (Å²) in [5.74, 6) is 0.620. The maximum atomic E-state index is 11.0. The van der Waals surface area contributed by atoms with Crippen LogP contribution in [0.1, 0.15) is 52.4 Å². The third-order valence-corrected chi connectivity index (χ3v) is 3.47. The molecule has 0 saturated heterocycles. The number of carbonyl (C=O) groups is 1. The lowest BCUT2D eigenvalue weighted by atomic mass is 9.85. The number of hydrogen-bond donors (Lipinski definition) is 0. The summed E-state index contributed by atoms with van der Waals surface area (Å²) in [4.78, 5) is 11.0. The lowest BCUT2D eigenvalue weighted by Gasteiger charge is -2.28. The minimum Gasteiger partial charge on any atom is -0.460 e. The molecule has 0 aliphatic heterocycles. The van der Waals surface area contributed by atoms with Crippen molar-refractivity contribution in [2.75, 3.05) is 13.2 Å². The number of rotatable bonds is 7. The van der Waals surface area contributed by atoms with Gasteiger partial charge in [0, 0.05) is 6.08 Å². The van der Waals surface area contributed by atoms with Crippen LogP contribution in [0.4, 0.5) is 0 Å². The molecule has 0 atom stereocenters. The van der Waals surface area contributed by atoms with Gasteiger partial charge in [0.2, 0.25) is 0 Å². The van der Waals surface area contributed by atoms with E-state index < -0.39 is 0 Å². The van der Waals surface area contributed by atoms with Crippen LogP contribution in [0.5, 0.6) is 0 Å². The van der Waals surface area contributed by atoms with Gasteiger partial charge in [-0.05, 0) is 38.5 Å². The van der Waals surface area contributed by atoms with Crippen LogP contribution in [0.15, 0.2) is 12.2 Å². The molecule has 0 N–H and O–H groups in total. The zero-order valence-corrected chi connectivity index (χ0v) is 11.7. The van der Waals surface area contributed by atoms with E-state index in [0.717, 1.165) is 18.8 Å². The summed E-state index contributed by atoms with van der Waals surface area (Å²) in [7, 11) is 0. The first-order valence-corrected chi connectivity index (χ1v) is 7.17. The number of hydrogen-bond acceptors (Lipinski definition) is 3. The van der Waals surface area contributed by atoms with Crippen molar-refractivity contribution in [2.45, 2.75) is 58.5 Å². The summed E-state index contributed by atoms with van der Waals surface area (Å²) in [5, 5.41) is 0. The van der Waals surface area contributed by atoms with Crippen LogP contribution in [0.3, 0.4) is 0 Å². The zero-order valence-electron chi connectivity index (χ0n) is 11.7. The van der Waals surface area contributed by atoms with E-state index in [1.165, 1.54) is 31.8 Å². The van der Waals surface area contributed by atoms with Crippen molar-refractivity contribution >= 4 is 5.97 Å². The molecule has 0 unspecified atom stereocenters. The van der Waals surface area contributed by atoms with Gasteiger partial charge in [-0.3, -0.25) is 0 Å². The van der Waals surface area contributed by atoms with E-state index in [2.05, 4.69) is 6.92 Å². The molecule has 3 nitrogen and oxygen atoms in total. The first-order valence-electron chi connectivity index (χ1n) is 7.17. The molecule has 1 aliphatic carbocycles. The monoisotopic (exact) mass is 254 g/mol. The van der Waals surface area contributed by atoms with Gasteiger partial charge in [0.25, 0.3) is 0 Å². The predicted molar refractivity (Wildman–Crippen MR) is 72.4 cm³/mol. The summed E-state index contributed by atoms with van der Waals surface area (Å²) < 4.78 is 10.7. The Hall–Kier alpha value is -0.830. The summed E-state index contributed by atoms with van der Waals surface area (Å²) in [6.45, 7) is 4.93. The fourth-order valence-electron chi connectivity index (χ4n) is 2.54. The lowest BCUT2D eigenvalue weighted by Crippen LogP contribution is -2.23. The highest BCUT2D eigenvalue weighted by Crippen LogP contribution is 2.29. The first-order chi connectivity index (χ1) is 8.76. The number of esters is 1. The maximum Gasteiger partial charge on any atom is 0.330 e. The molecule has 1 rings (SSSR count). The van der Waals surface area contributed by atoms with E-state index in [-0.39, 0.29) is 5.97 Å². The van der Waals surface area contributed by atoms with Crippen molar-refractivity contribution in [2.24, 2.45) is 5.92 Å². The molecule has 0 heterocycles. The molecule has 1 fully saturated rings. The maximum absolute atomic E-state index is 11.0. The van der Waals surface area contributed by atoms with E-state index in [9.17, 15) is 4.79 Å². The Kier molecular flexibility index (Phi) is 7.74. The summed E-state index contributed by atoms with van der Waals surface area (Å²) in [6, 6.07) is 0. The smallest absolute Gasteiger partial charge is 0.330 e. The zero-order chi connectivity index (χ0) is 13.2. The van der Waals surface area contributed by atoms with Gasteiger partial charge in [-0.15, -0.1) is 0 Å². The molecule has 0 amide bonds. The Bertz CT molecular complexity index is 252. The largest absolute Gasteiger partial charge is 0.460 e. The van der Waals surface area contributed by atoms with Crippen molar-refractivity contribution in [3.05, 3.63) is 12.2 Å². The Morgan fingerprint density at radius 3 is 2.56 bits per heavy atom. The number of carbonyl (C=O) groups excluding carboxylic acids is 1. The van der Waals surface area contributed by atoms with Crippen molar-refractivity contribution in [3.63, 3.8) is 0 Å². The molecule has 1 saturated carbocycles. The van der Waals surface area contributed by atoms with Crippen molar-refractivity contribution in [1.82, 2.24) is 0 Å². The van der Waals surface area contributed by atoms with Crippen LogP contribution in [0.2, 0.25) is 0 Å². The second-order valence-corrected chi connectivity index (χ2v) is 4.97. The molecular formula is C15H26O3. The molecular weight excluding hydrogens is 228 g/mol. The predicted octanol–water partition coefficient (Wildman–Crippen LogP) is 3.48. The molecule has 104 valence electrons. The molecule has 0 aromatic heterocycles. The van der Waals surface area contributed by atoms with Crippen molar-refractivity contribution < 1.29 is 14.3 Å². The van der Waals surface area contributed by atoms with Gasteiger partial charge >= 0.3 is 5.97 Å². The van der Waals surface area contributed by atoms with Gasteiger partial charge in [-0.1, -0.05) is 25.8 Å². The van der Waals surface area contributed by atoms with Crippen LogP contribution < -0.4 is 0 Å².